The van der Waals surface area contributed by atoms with E-state index in [1.54, 1.807) is 18.3 Å². The number of aromatic nitrogens is 2. The highest BCUT2D eigenvalue weighted by molar-refractivity contribution is 7.90. The van der Waals surface area contributed by atoms with E-state index in [2.05, 4.69) is 51.7 Å². The largest absolute Gasteiger partial charge is 0.380 e. The normalized spacial score (nSPS) is 17.7. The molecule has 2 saturated heterocycles. The van der Waals surface area contributed by atoms with Gasteiger partial charge >= 0.3 is 10.2 Å². The maximum absolute atomic E-state index is 13.7. The SMILES string of the molecule is CCN(c1ncccc1NC(C)C)C1CCN(C(=O)c2c[nH]c3ccc(NS(=O)(=O)N4CCN(C)CC4)cc23)CC1. The third kappa shape index (κ3) is 6.44. The number of fused-ring (bicyclic) bond motifs is 1. The van der Waals surface area contributed by atoms with Crippen LogP contribution in [0.2, 0.25) is 0 Å². The summed E-state index contributed by atoms with van der Waals surface area (Å²) in [6.45, 7) is 10.8. The van der Waals surface area contributed by atoms with Crippen molar-refractivity contribution in [3.8, 4) is 0 Å². The van der Waals surface area contributed by atoms with Gasteiger partial charge in [0, 0.05) is 81.2 Å². The lowest BCUT2D eigenvalue weighted by atomic mass is 10.0. The molecule has 0 spiro atoms. The lowest BCUT2D eigenvalue weighted by Gasteiger charge is -2.39. The Hall–Kier alpha value is -3.35. The number of anilines is 3. The number of likely N-dealkylation sites (tertiary alicyclic amines) is 1. The van der Waals surface area contributed by atoms with Gasteiger partial charge in [0.05, 0.1) is 16.9 Å². The summed E-state index contributed by atoms with van der Waals surface area (Å²) in [4.78, 5) is 27.9. The van der Waals surface area contributed by atoms with Gasteiger partial charge < -0.3 is 25.0 Å². The number of carbonyl (C=O) groups is 1. The van der Waals surface area contributed by atoms with E-state index < -0.39 is 10.2 Å². The highest BCUT2D eigenvalue weighted by Crippen LogP contribution is 2.30. The van der Waals surface area contributed by atoms with Crippen molar-refractivity contribution in [2.45, 2.75) is 45.7 Å². The Morgan fingerprint density at radius 1 is 1.12 bits per heavy atom. The third-order valence-electron chi connectivity index (χ3n) is 8.00. The van der Waals surface area contributed by atoms with E-state index in [4.69, 9.17) is 4.98 Å². The number of pyridine rings is 1. The Bertz CT molecular complexity index is 1460. The van der Waals surface area contributed by atoms with Crippen molar-refractivity contribution < 1.29 is 13.2 Å². The van der Waals surface area contributed by atoms with Crippen molar-refractivity contribution in [3.05, 3.63) is 48.3 Å². The van der Waals surface area contributed by atoms with Gasteiger partial charge in [-0.1, -0.05) is 0 Å². The molecule has 2 aliphatic rings. The minimum absolute atomic E-state index is 0.0446. The van der Waals surface area contributed by atoms with Crippen LogP contribution in [-0.4, -0.2) is 103 Å². The summed E-state index contributed by atoms with van der Waals surface area (Å²) in [5.74, 6) is 0.911. The van der Waals surface area contributed by atoms with E-state index in [1.165, 1.54) is 4.31 Å². The van der Waals surface area contributed by atoms with Gasteiger partial charge in [0.25, 0.3) is 5.91 Å². The summed E-state index contributed by atoms with van der Waals surface area (Å²) >= 11 is 0. The zero-order chi connectivity index (χ0) is 29.1. The van der Waals surface area contributed by atoms with Crippen molar-refractivity contribution in [1.29, 1.82) is 0 Å². The molecule has 12 heteroatoms. The molecule has 0 atom stereocenters. The summed E-state index contributed by atoms with van der Waals surface area (Å²) in [6.07, 6.45) is 5.25. The molecule has 0 saturated carbocycles. The first-order valence-corrected chi connectivity index (χ1v) is 15.9. The Labute approximate surface area is 243 Å². The number of amides is 1. The summed E-state index contributed by atoms with van der Waals surface area (Å²) < 4.78 is 30.2. The van der Waals surface area contributed by atoms with Crippen LogP contribution in [0.3, 0.4) is 0 Å². The molecule has 11 nitrogen and oxygen atoms in total. The average molecular weight is 583 g/mol. The zero-order valence-electron chi connectivity index (χ0n) is 24.4. The topological polar surface area (TPSA) is 117 Å². The minimum Gasteiger partial charge on any atom is -0.380 e. The molecule has 2 aliphatic heterocycles. The predicted molar refractivity (Wildman–Crippen MR) is 165 cm³/mol. The lowest BCUT2D eigenvalue weighted by Crippen LogP contribution is -2.48. The number of hydrogen-bond donors (Lipinski definition) is 3. The highest BCUT2D eigenvalue weighted by Gasteiger charge is 2.30. The Kier molecular flexibility index (Phi) is 8.71. The number of nitrogens with one attached hydrogen (secondary N) is 3. The fraction of sp³-hybridized carbons (Fsp3) is 0.517. The van der Waals surface area contributed by atoms with Gasteiger partial charge in [0.15, 0.2) is 5.82 Å². The number of nitrogens with zero attached hydrogens (tertiary/aromatic N) is 5. The second kappa shape index (κ2) is 12.3. The number of benzene rings is 1. The summed E-state index contributed by atoms with van der Waals surface area (Å²) in [5.41, 5.74) is 2.83. The molecule has 0 aliphatic carbocycles. The van der Waals surface area contributed by atoms with Crippen LogP contribution in [0.25, 0.3) is 10.9 Å². The van der Waals surface area contributed by atoms with Crippen molar-refractivity contribution >= 4 is 44.2 Å². The predicted octanol–water partition coefficient (Wildman–Crippen LogP) is 3.42. The molecule has 2 aromatic heterocycles. The summed E-state index contributed by atoms with van der Waals surface area (Å²) in [6, 6.07) is 9.90. The molecule has 5 rings (SSSR count). The molecule has 222 valence electrons. The van der Waals surface area contributed by atoms with E-state index in [-0.39, 0.29) is 11.9 Å². The molecule has 1 amide bonds. The molecule has 0 radical (unpaired) electrons. The smallest absolute Gasteiger partial charge is 0.301 e. The Morgan fingerprint density at radius 3 is 2.54 bits per heavy atom. The van der Waals surface area contributed by atoms with Crippen molar-refractivity contribution in [3.63, 3.8) is 0 Å². The molecular weight excluding hydrogens is 540 g/mol. The van der Waals surface area contributed by atoms with Gasteiger partial charge in [-0.2, -0.15) is 12.7 Å². The van der Waals surface area contributed by atoms with Crippen molar-refractivity contribution in [2.75, 3.05) is 67.8 Å². The number of likely N-dealkylation sites (N-methyl/N-ethyl adjacent to an activating group) is 1. The molecule has 3 aromatic rings. The quantitative estimate of drug-likeness (QED) is 0.354. The summed E-state index contributed by atoms with van der Waals surface area (Å²) in [7, 11) is -1.69. The molecular formula is C29H42N8O3S. The van der Waals surface area contributed by atoms with Crippen LogP contribution in [0.15, 0.2) is 42.7 Å². The van der Waals surface area contributed by atoms with Gasteiger partial charge in [-0.25, -0.2) is 4.98 Å². The van der Waals surface area contributed by atoms with E-state index in [9.17, 15) is 13.2 Å². The van der Waals surface area contributed by atoms with Crippen molar-refractivity contribution in [2.24, 2.45) is 0 Å². The monoisotopic (exact) mass is 582 g/mol. The molecule has 0 bridgehead atoms. The number of rotatable bonds is 9. The minimum atomic E-state index is -3.68. The van der Waals surface area contributed by atoms with Crippen LogP contribution in [0.4, 0.5) is 17.2 Å². The van der Waals surface area contributed by atoms with Crippen molar-refractivity contribution in [1.82, 2.24) is 24.1 Å². The second-order valence-electron chi connectivity index (χ2n) is 11.3. The van der Waals surface area contributed by atoms with Gasteiger partial charge in [-0.3, -0.25) is 9.52 Å². The number of hydrogen-bond acceptors (Lipinski definition) is 7. The number of H-pyrrole nitrogens is 1. The van der Waals surface area contributed by atoms with Gasteiger partial charge in [0.2, 0.25) is 0 Å². The van der Waals surface area contributed by atoms with Crippen LogP contribution in [0, 0.1) is 0 Å². The average Bonchev–Trinajstić information content (AvgIpc) is 3.37. The van der Waals surface area contributed by atoms with Crippen LogP contribution >= 0.6 is 0 Å². The second-order valence-corrected chi connectivity index (χ2v) is 12.9. The maximum Gasteiger partial charge on any atom is 0.301 e. The summed E-state index contributed by atoms with van der Waals surface area (Å²) in [5, 5.41) is 4.22. The van der Waals surface area contributed by atoms with E-state index in [0.29, 0.717) is 61.9 Å². The fourth-order valence-electron chi connectivity index (χ4n) is 5.78. The molecule has 41 heavy (non-hydrogen) atoms. The zero-order valence-corrected chi connectivity index (χ0v) is 25.2. The van der Waals surface area contributed by atoms with Crippen LogP contribution in [-0.2, 0) is 10.2 Å². The first-order valence-electron chi connectivity index (χ1n) is 14.5. The fourth-order valence-corrected chi connectivity index (χ4v) is 6.98. The first-order chi connectivity index (χ1) is 19.7. The van der Waals surface area contributed by atoms with Gasteiger partial charge in [0.1, 0.15) is 0 Å². The Morgan fingerprint density at radius 2 is 1.85 bits per heavy atom. The molecule has 4 heterocycles. The van der Waals surface area contributed by atoms with E-state index >= 15 is 0 Å². The number of aromatic amines is 1. The number of piperazine rings is 1. The molecule has 0 unspecified atom stereocenters. The standard InChI is InChI=1S/C29H42N8O3S/c1-5-37(28-27(32-21(2)3)7-6-12-30-28)23-10-13-35(14-11-23)29(38)25-20-31-26-9-8-22(19-24(25)26)33-41(39,40)36-17-15-34(4)16-18-36/h6-9,12,19-21,23,31-33H,5,10-11,13-18H2,1-4H3. The molecule has 1 aromatic carbocycles. The first kappa shape index (κ1) is 29.2. The molecule has 2 fully saturated rings. The van der Waals surface area contributed by atoms with Gasteiger partial charge in [-0.15, -0.1) is 0 Å². The number of piperidine rings is 1. The third-order valence-corrected chi connectivity index (χ3v) is 9.54. The number of carbonyl (C=O) groups excluding carboxylic acids is 1. The van der Waals surface area contributed by atoms with Gasteiger partial charge in [-0.05, 0) is 71.0 Å². The van der Waals surface area contributed by atoms with Crippen LogP contribution in [0.5, 0.6) is 0 Å². The highest BCUT2D eigenvalue weighted by atomic mass is 32.2. The van der Waals surface area contributed by atoms with Crippen LogP contribution < -0.4 is 14.9 Å². The van der Waals surface area contributed by atoms with E-state index in [0.717, 1.165) is 36.4 Å². The molecule has 3 N–H and O–H groups in total. The maximum atomic E-state index is 13.7. The lowest BCUT2D eigenvalue weighted by molar-refractivity contribution is 0.0714. The van der Waals surface area contributed by atoms with E-state index in [1.807, 2.05) is 30.3 Å². The van der Waals surface area contributed by atoms with Crippen LogP contribution in [0.1, 0.15) is 44.0 Å². The Balaban J connectivity index is 1.27.